The minimum absolute atomic E-state index is 0.0243. The largest absolute Gasteiger partial charge is 0.366 e. The lowest BCUT2D eigenvalue weighted by Crippen LogP contribution is -2.15. The smallest absolute Gasteiger partial charge is 0.248 e. The summed E-state index contributed by atoms with van der Waals surface area (Å²) in [6.07, 6.45) is 2.22. The molecule has 0 fully saturated rings. The molecule has 2 amide bonds. The minimum Gasteiger partial charge on any atom is -0.366 e. The second-order valence-corrected chi connectivity index (χ2v) is 5.16. The van der Waals surface area contributed by atoms with Crippen molar-refractivity contribution in [1.29, 1.82) is 0 Å². The zero-order valence-electron chi connectivity index (χ0n) is 12.1. The molecule has 0 aliphatic carbocycles. The zero-order valence-corrected chi connectivity index (χ0v) is 12.1. The molecule has 1 aromatic carbocycles. The van der Waals surface area contributed by atoms with Crippen LogP contribution in [0.4, 0.5) is 5.69 Å². The van der Waals surface area contributed by atoms with E-state index in [4.69, 9.17) is 11.5 Å². The Morgan fingerprint density at radius 3 is 2.55 bits per heavy atom. The van der Waals surface area contributed by atoms with E-state index in [0.717, 1.165) is 18.4 Å². The summed E-state index contributed by atoms with van der Waals surface area (Å²) in [6.45, 7) is 4.57. The molecular weight excluding hydrogens is 254 g/mol. The first-order valence-corrected chi connectivity index (χ1v) is 6.84. The molecule has 0 saturated carbocycles. The maximum atomic E-state index is 11.9. The number of nitrogens with two attached hydrogens (primary N) is 2. The highest BCUT2D eigenvalue weighted by Gasteiger charge is 2.09. The first-order valence-electron chi connectivity index (χ1n) is 6.84. The van der Waals surface area contributed by atoms with Crippen LogP contribution in [0.15, 0.2) is 18.2 Å². The first kappa shape index (κ1) is 16.2. The van der Waals surface area contributed by atoms with Gasteiger partial charge in [0, 0.05) is 17.7 Å². The maximum Gasteiger partial charge on any atom is 0.248 e. The number of amides is 2. The van der Waals surface area contributed by atoms with E-state index in [0.29, 0.717) is 30.1 Å². The Balaban J connectivity index is 2.56. The van der Waals surface area contributed by atoms with Gasteiger partial charge in [0.25, 0.3) is 0 Å². The highest BCUT2D eigenvalue weighted by Crippen LogP contribution is 2.17. The topological polar surface area (TPSA) is 98.2 Å². The summed E-state index contributed by atoms with van der Waals surface area (Å²) in [6, 6.07) is 4.99. The van der Waals surface area contributed by atoms with Gasteiger partial charge in [0.05, 0.1) is 0 Å². The number of anilines is 1. The fourth-order valence-electron chi connectivity index (χ4n) is 1.98. The lowest BCUT2D eigenvalue weighted by Gasteiger charge is -2.11. The second-order valence-electron chi connectivity index (χ2n) is 5.16. The lowest BCUT2D eigenvalue weighted by atomic mass is 10.0. The Kier molecular flexibility index (Phi) is 6.18. The van der Waals surface area contributed by atoms with Crippen LogP contribution in [0, 0.1) is 12.8 Å². The van der Waals surface area contributed by atoms with E-state index in [1.807, 2.05) is 6.92 Å². The molecule has 5 N–H and O–H groups in total. The number of hydrogen-bond donors (Lipinski definition) is 3. The number of hydrogen-bond acceptors (Lipinski definition) is 3. The van der Waals surface area contributed by atoms with E-state index in [9.17, 15) is 9.59 Å². The van der Waals surface area contributed by atoms with Crippen LogP contribution in [0.1, 0.15) is 42.1 Å². The summed E-state index contributed by atoms with van der Waals surface area (Å²) in [5.74, 6) is -0.0468. The molecule has 0 aliphatic rings. The number of carbonyl (C=O) groups is 2. The molecule has 0 spiro atoms. The quantitative estimate of drug-likeness (QED) is 0.708. The fourth-order valence-corrected chi connectivity index (χ4v) is 1.98. The molecule has 0 saturated heterocycles. The third-order valence-electron chi connectivity index (χ3n) is 3.31. The Hall–Kier alpha value is -1.88. The van der Waals surface area contributed by atoms with Gasteiger partial charge in [0.2, 0.25) is 11.8 Å². The van der Waals surface area contributed by atoms with Crippen LogP contribution in [0.3, 0.4) is 0 Å². The van der Waals surface area contributed by atoms with Crippen LogP contribution in [-0.2, 0) is 4.79 Å². The van der Waals surface area contributed by atoms with E-state index >= 15 is 0 Å². The summed E-state index contributed by atoms with van der Waals surface area (Å²) in [7, 11) is 0. The summed E-state index contributed by atoms with van der Waals surface area (Å²) in [4.78, 5) is 22.9. The molecule has 0 aliphatic heterocycles. The fraction of sp³-hybridized carbons (Fsp3) is 0.467. The monoisotopic (exact) mass is 277 g/mol. The van der Waals surface area contributed by atoms with Crippen LogP contribution in [0.5, 0.6) is 0 Å². The summed E-state index contributed by atoms with van der Waals surface area (Å²) in [5.41, 5.74) is 12.7. The van der Waals surface area contributed by atoms with Crippen molar-refractivity contribution in [1.82, 2.24) is 0 Å². The molecule has 1 unspecified atom stereocenters. The van der Waals surface area contributed by atoms with Crippen LogP contribution in [-0.4, -0.2) is 18.4 Å². The predicted molar refractivity (Wildman–Crippen MR) is 80.4 cm³/mol. The van der Waals surface area contributed by atoms with Gasteiger partial charge in [0.1, 0.15) is 0 Å². The van der Waals surface area contributed by atoms with Gasteiger partial charge in [-0.25, -0.2) is 0 Å². The zero-order chi connectivity index (χ0) is 15.1. The molecule has 20 heavy (non-hydrogen) atoms. The van der Waals surface area contributed by atoms with Crippen molar-refractivity contribution in [2.75, 3.05) is 11.9 Å². The average molecular weight is 277 g/mol. The Morgan fingerprint density at radius 1 is 1.30 bits per heavy atom. The van der Waals surface area contributed by atoms with Gasteiger partial charge in [-0.1, -0.05) is 6.92 Å². The summed E-state index contributed by atoms with van der Waals surface area (Å²) in [5, 5.41) is 2.85. The van der Waals surface area contributed by atoms with Crippen LogP contribution in [0.2, 0.25) is 0 Å². The van der Waals surface area contributed by atoms with Gasteiger partial charge in [0.15, 0.2) is 0 Å². The SMILES string of the molecule is Cc1cc(C(N)=O)ccc1NC(=O)CCC(C)CCN. The van der Waals surface area contributed by atoms with Crippen molar-refractivity contribution in [2.45, 2.75) is 33.1 Å². The van der Waals surface area contributed by atoms with E-state index in [1.54, 1.807) is 18.2 Å². The number of carbonyl (C=O) groups excluding carboxylic acids is 2. The Labute approximate surface area is 119 Å². The molecule has 0 bridgehead atoms. The molecule has 0 radical (unpaired) electrons. The molecule has 5 heteroatoms. The van der Waals surface area contributed by atoms with E-state index in [1.165, 1.54) is 0 Å². The van der Waals surface area contributed by atoms with Gasteiger partial charge in [-0.15, -0.1) is 0 Å². The summed E-state index contributed by atoms with van der Waals surface area (Å²) >= 11 is 0. The van der Waals surface area contributed by atoms with Crippen molar-refractivity contribution in [2.24, 2.45) is 17.4 Å². The second kappa shape index (κ2) is 7.65. The average Bonchev–Trinajstić information content (AvgIpc) is 2.39. The molecule has 110 valence electrons. The standard InChI is InChI=1S/C15H23N3O2/c1-10(7-8-16)3-6-14(19)18-13-5-4-12(15(17)20)9-11(13)2/h4-5,9-10H,3,6-8,16H2,1-2H3,(H2,17,20)(H,18,19). The molecule has 1 atom stereocenters. The van der Waals surface area contributed by atoms with Crippen molar-refractivity contribution in [3.05, 3.63) is 29.3 Å². The van der Waals surface area contributed by atoms with Gasteiger partial charge >= 0.3 is 0 Å². The van der Waals surface area contributed by atoms with Crippen LogP contribution < -0.4 is 16.8 Å². The molecular formula is C15H23N3O2. The predicted octanol–water partition coefficient (Wildman–Crippen LogP) is 1.80. The van der Waals surface area contributed by atoms with Gasteiger partial charge in [-0.2, -0.15) is 0 Å². The van der Waals surface area contributed by atoms with E-state index in [-0.39, 0.29) is 5.91 Å². The maximum absolute atomic E-state index is 11.9. The van der Waals surface area contributed by atoms with Gasteiger partial charge in [-0.3, -0.25) is 9.59 Å². The van der Waals surface area contributed by atoms with Crippen molar-refractivity contribution in [3.8, 4) is 0 Å². The van der Waals surface area contributed by atoms with Crippen molar-refractivity contribution >= 4 is 17.5 Å². The third-order valence-corrected chi connectivity index (χ3v) is 3.31. The molecule has 1 aromatic rings. The Bertz CT molecular complexity index is 486. The number of benzene rings is 1. The van der Waals surface area contributed by atoms with Gasteiger partial charge < -0.3 is 16.8 Å². The van der Waals surface area contributed by atoms with E-state index < -0.39 is 5.91 Å². The lowest BCUT2D eigenvalue weighted by molar-refractivity contribution is -0.116. The number of rotatable bonds is 7. The first-order chi connectivity index (χ1) is 9.43. The molecule has 0 aromatic heterocycles. The normalized spacial score (nSPS) is 11.9. The van der Waals surface area contributed by atoms with Gasteiger partial charge in [-0.05, 0) is 56.0 Å². The van der Waals surface area contributed by atoms with Crippen LogP contribution >= 0.6 is 0 Å². The molecule has 5 nitrogen and oxygen atoms in total. The van der Waals surface area contributed by atoms with Crippen LogP contribution in [0.25, 0.3) is 0 Å². The minimum atomic E-state index is -0.471. The summed E-state index contributed by atoms with van der Waals surface area (Å²) < 4.78 is 0. The number of primary amides is 1. The molecule has 0 heterocycles. The van der Waals surface area contributed by atoms with Crippen molar-refractivity contribution < 1.29 is 9.59 Å². The highest BCUT2D eigenvalue weighted by atomic mass is 16.1. The molecule has 1 rings (SSSR count). The number of nitrogens with one attached hydrogen (secondary N) is 1. The highest BCUT2D eigenvalue weighted by molar-refractivity contribution is 5.95. The van der Waals surface area contributed by atoms with Crippen molar-refractivity contribution in [3.63, 3.8) is 0 Å². The number of aryl methyl sites for hydroxylation is 1. The van der Waals surface area contributed by atoms with E-state index in [2.05, 4.69) is 12.2 Å². The Morgan fingerprint density at radius 2 is 2.00 bits per heavy atom. The third kappa shape index (κ3) is 5.01.